The lowest BCUT2D eigenvalue weighted by atomic mass is 10.1. The maximum absolute atomic E-state index is 12.4. The van der Waals surface area contributed by atoms with Crippen LogP contribution in [0.25, 0.3) is 0 Å². The van der Waals surface area contributed by atoms with E-state index >= 15 is 0 Å². The highest BCUT2D eigenvalue weighted by Gasteiger charge is 2.34. The second kappa shape index (κ2) is 6.60. The Kier molecular flexibility index (Phi) is 4.80. The van der Waals surface area contributed by atoms with Crippen LogP contribution in [0.5, 0.6) is 0 Å². The van der Waals surface area contributed by atoms with Gasteiger partial charge < -0.3 is 15.3 Å². The molecule has 1 aliphatic carbocycles. The zero-order valence-electron chi connectivity index (χ0n) is 12.7. The van der Waals surface area contributed by atoms with E-state index in [2.05, 4.69) is 5.32 Å². The number of rotatable bonds is 6. The van der Waals surface area contributed by atoms with Gasteiger partial charge in [0.1, 0.15) is 6.54 Å². The number of nitrogens with zero attached hydrogens (tertiary/aromatic N) is 1. The largest absolute Gasteiger partial charge is 0.480 e. The second-order valence-electron chi connectivity index (χ2n) is 5.76. The molecule has 1 aromatic rings. The van der Waals surface area contributed by atoms with Crippen LogP contribution < -0.4 is 5.32 Å². The summed E-state index contributed by atoms with van der Waals surface area (Å²) in [6, 6.07) is 6.35. The van der Waals surface area contributed by atoms with Crippen molar-refractivity contribution < 1.29 is 19.5 Å². The molecule has 6 heteroatoms. The number of carboxylic acid groups (broad SMARTS) is 1. The average Bonchev–Trinajstić information content (AvgIpc) is 3.28. The van der Waals surface area contributed by atoms with Crippen LogP contribution in [0.4, 0.5) is 0 Å². The quantitative estimate of drug-likeness (QED) is 0.834. The normalized spacial score (nSPS) is 13.8. The van der Waals surface area contributed by atoms with Gasteiger partial charge in [0.25, 0.3) is 11.8 Å². The Labute approximate surface area is 129 Å². The molecule has 22 heavy (non-hydrogen) atoms. The number of carbonyl (C=O) groups excluding carboxylic acids is 2. The maximum Gasteiger partial charge on any atom is 0.323 e. The van der Waals surface area contributed by atoms with E-state index in [1.54, 1.807) is 24.3 Å². The Hall–Kier alpha value is -2.37. The molecule has 0 radical (unpaired) electrons. The smallest absolute Gasteiger partial charge is 0.323 e. The molecule has 1 aromatic carbocycles. The zero-order valence-corrected chi connectivity index (χ0v) is 12.7. The number of hydrogen-bond donors (Lipinski definition) is 2. The molecule has 0 unspecified atom stereocenters. The van der Waals surface area contributed by atoms with Crippen molar-refractivity contribution in [3.05, 3.63) is 35.4 Å². The van der Waals surface area contributed by atoms with E-state index in [-0.39, 0.29) is 30.4 Å². The molecule has 0 spiro atoms. The van der Waals surface area contributed by atoms with Gasteiger partial charge in [0, 0.05) is 23.2 Å². The molecule has 0 bridgehead atoms. The van der Waals surface area contributed by atoms with Gasteiger partial charge in [0.05, 0.1) is 0 Å². The van der Waals surface area contributed by atoms with Crippen molar-refractivity contribution in [2.24, 2.45) is 0 Å². The van der Waals surface area contributed by atoms with Crippen LogP contribution in [0.3, 0.4) is 0 Å². The van der Waals surface area contributed by atoms with Crippen LogP contribution in [0.1, 0.15) is 47.4 Å². The third-order valence-corrected chi connectivity index (χ3v) is 3.37. The van der Waals surface area contributed by atoms with E-state index in [9.17, 15) is 14.4 Å². The Bertz CT molecular complexity index is 576. The molecule has 0 aromatic heterocycles. The molecule has 1 fully saturated rings. The minimum atomic E-state index is -1.02. The summed E-state index contributed by atoms with van der Waals surface area (Å²) in [5.41, 5.74) is 0.871. The molecule has 1 saturated carbocycles. The average molecular weight is 304 g/mol. The monoisotopic (exact) mass is 304 g/mol. The first-order valence-electron chi connectivity index (χ1n) is 7.32. The number of hydrogen-bond acceptors (Lipinski definition) is 3. The fourth-order valence-electron chi connectivity index (χ4n) is 2.17. The van der Waals surface area contributed by atoms with E-state index in [0.29, 0.717) is 11.1 Å². The molecular weight excluding hydrogens is 284 g/mol. The summed E-state index contributed by atoms with van der Waals surface area (Å²) in [5.74, 6) is -1.52. The van der Waals surface area contributed by atoms with Gasteiger partial charge >= 0.3 is 5.97 Å². The van der Waals surface area contributed by atoms with Crippen LogP contribution in [-0.4, -0.2) is 46.4 Å². The second-order valence-corrected chi connectivity index (χ2v) is 5.76. The third-order valence-electron chi connectivity index (χ3n) is 3.37. The Morgan fingerprint density at radius 3 is 2.18 bits per heavy atom. The van der Waals surface area contributed by atoms with Crippen LogP contribution in [0.15, 0.2) is 24.3 Å². The molecule has 0 heterocycles. The van der Waals surface area contributed by atoms with Gasteiger partial charge in [-0.15, -0.1) is 0 Å². The topological polar surface area (TPSA) is 86.7 Å². The molecule has 2 rings (SSSR count). The van der Waals surface area contributed by atoms with Crippen molar-refractivity contribution in [1.29, 1.82) is 0 Å². The molecule has 0 aliphatic heterocycles. The SMILES string of the molecule is CC(C)NC(=O)c1ccc(C(=O)N(CC(=O)O)C2CC2)cc1. The molecule has 1 aliphatic rings. The lowest BCUT2D eigenvalue weighted by molar-refractivity contribution is -0.137. The van der Waals surface area contributed by atoms with E-state index in [1.165, 1.54) is 4.90 Å². The third kappa shape index (κ3) is 4.07. The minimum Gasteiger partial charge on any atom is -0.480 e. The van der Waals surface area contributed by atoms with Gasteiger partial charge in [0.15, 0.2) is 0 Å². The number of benzene rings is 1. The van der Waals surface area contributed by atoms with E-state index < -0.39 is 5.97 Å². The number of carbonyl (C=O) groups is 3. The summed E-state index contributed by atoms with van der Waals surface area (Å²) in [7, 11) is 0. The van der Waals surface area contributed by atoms with Crippen LogP contribution in [0, 0.1) is 0 Å². The maximum atomic E-state index is 12.4. The fraction of sp³-hybridized carbons (Fsp3) is 0.438. The first-order chi connectivity index (χ1) is 10.4. The standard InChI is InChI=1S/C16H20N2O4/c1-10(2)17-15(21)11-3-5-12(6-4-11)16(22)18(9-14(19)20)13-7-8-13/h3-6,10,13H,7-9H2,1-2H3,(H,17,21)(H,19,20). The molecule has 6 nitrogen and oxygen atoms in total. The van der Waals surface area contributed by atoms with Crippen molar-refractivity contribution >= 4 is 17.8 Å². The van der Waals surface area contributed by atoms with Crippen LogP contribution in [0.2, 0.25) is 0 Å². The lowest BCUT2D eigenvalue weighted by Crippen LogP contribution is -2.37. The molecule has 2 amide bonds. The van der Waals surface area contributed by atoms with E-state index in [0.717, 1.165) is 12.8 Å². The predicted molar refractivity (Wildman–Crippen MR) is 80.7 cm³/mol. The highest BCUT2D eigenvalue weighted by atomic mass is 16.4. The summed E-state index contributed by atoms with van der Waals surface area (Å²) < 4.78 is 0. The van der Waals surface area contributed by atoms with Crippen molar-refractivity contribution in [3.8, 4) is 0 Å². The van der Waals surface area contributed by atoms with Gasteiger partial charge in [-0.25, -0.2) is 0 Å². The van der Waals surface area contributed by atoms with E-state index in [4.69, 9.17) is 5.11 Å². The van der Waals surface area contributed by atoms with Gasteiger partial charge in [-0.2, -0.15) is 0 Å². The van der Waals surface area contributed by atoms with Crippen LogP contribution in [-0.2, 0) is 4.79 Å². The zero-order chi connectivity index (χ0) is 16.3. The van der Waals surface area contributed by atoms with Crippen molar-refractivity contribution in [2.45, 2.75) is 38.8 Å². The summed E-state index contributed by atoms with van der Waals surface area (Å²) in [4.78, 5) is 36.5. The Morgan fingerprint density at radius 1 is 1.18 bits per heavy atom. The first kappa shape index (κ1) is 16.0. The number of carboxylic acids is 1. The highest BCUT2D eigenvalue weighted by molar-refractivity contribution is 5.98. The minimum absolute atomic E-state index is 0.0208. The molecule has 0 atom stereocenters. The van der Waals surface area contributed by atoms with Crippen molar-refractivity contribution in [1.82, 2.24) is 10.2 Å². The number of nitrogens with one attached hydrogen (secondary N) is 1. The summed E-state index contributed by atoms with van der Waals surface area (Å²) in [6.45, 7) is 3.45. The van der Waals surface area contributed by atoms with Gasteiger partial charge in [-0.3, -0.25) is 14.4 Å². The Morgan fingerprint density at radius 2 is 1.73 bits per heavy atom. The molecule has 118 valence electrons. The van der Waals surface area contributed by atoms with Crippen molar-refractivity contribution in [2.75, 3.05) is 6.54 Å². The molecule has 2 N–H and O–H groups in total. The number of aliphatic carboxylic acids is 1. The molecular formula is C16H20N2O4. The van der Waals surface area contributed by atoms with Crippen molar-refractivity contribution in [3.63, 3.8) is 0 Å². The van der Waals surface area contributed by atoms with Gasteiger partial charge in [0.2, 0.25) is 0 Å². The fourth-order valence-corrected chi connectivity index (χ4v) is 2.17. The summed E-state index contributed by atoms with van der Waals surface area (Å²) >= 11 is 0. The summed E-state index contributed by atoms with van der Waals surface area (Å²) in [6.07, 6.45) is 1.68. The first-order valence-corrected chi connectivity index (χ1v) is 7.32. The lowest BCUT2D eigenvalue weighted by Gasteiger charge is -2.20. The number of amides is 2. The van der Waals surface area contributed by atoms with Crippen LogP contribution >= 0.6 is 0 Å². The predicted octanol–water partition coefficient (Wildman–Crippen LogP) is 1.51. The van der Waals surface area contributed by atoms with Gasteiger partial charge in [-0.1, -0.05) is 0 Å². The summed E-state index contributed by atoms with van der Waals surface area (Å²) in [5, 5.41) is 11.7. The van der Waals surface area contributed by atoms with E-state index in [1.807, 2.05) is 13.8 Å². The Balaban J connectivity index is 2.10. The molecule has 0 saturated heterocycles. The van der Waals surface area contributed by atoms with Gasteiger partial charge in [-0.05, 0) is 51.0 Å². The highest BCUT2D eigenvalue weighted by Crippen LogP contribution is 2.28.